The second kappa shape index (κ2) is 9.92. The van der Waals surface area contributed by atoms with Gasteiger partial charge in [0.05, 0.1) is 11.9 Å². The van der Waals surface area contributed by atoms with Crippen molar-refractivity contribution >= 4 is 38.9 Å². The zero-order valence-corrected chi connectivity index (χ0v) is 19.8. The molecule has 0 aromatic heterocycles. The third-order valence-electron chi connectivity index (χ3n) is 5.64. The molecule has 0 spiro atoms. The average Bonchev–Trinajstić information content (AvgIpc) is 2.72. The minimum atomic E-state index is -3.65. The molecule has 1 unspecified atom stereocenters. The molecule has 0 bridgehead atoms. The van der Waals surface area contributed by atoms with Crippen LogP contribution in [0, 0.1) is 12.8 Å². The van der Waals surface area contributed by atoms with E-state index in [4.69, 9.17) is 11.6 Å². The molecule has 168 valence electrons. The lowest BCUT2D eigenvalue weighted by atomic mass is 9.99. The molecule has 1 N–H and O–H groups in total. The van der Waals surface area contributed by atoms with Gasteiger partial charge in [-0.2, -0.15) is 0 Å². The molecule has 1 aliphatic heterocycles. The van der Waals surface area contributed by atoms with Crippen LogP contribution in [0.2, 0.25) is 5.02 Å². The molecule has 1 amide bonds. The van der Waals surface area contributed by atoms with Gasteiger partial charge in [-0.25, -0.2) is 8.42 Å². The molecule has 0 radical (unpaired) electrons. The molecule has 2 aromatic carbocycles. The monoisotopic (exact) mass is 463 g/mol. The Bertz CT molecular complexity index is 1020. The molecule has 31 heavy (non-hydrogen) atoms. The maximum atomic E-state index is 12.5. The number of rotatable bonds is 7. The highest BCUT2D eigenvalue weighted by Gasteiger charge is 2.23. The number of hydrogen-bond acceptors (Lipinski definition) is 4. The maximum absolute atomic E-state index is 12.5. The van der Waals surface area contributed by atoms with Gasteiger partial charge in [0.25, 0.3) is 0 Å². The molecule has 6 nitrogen and oxygen atoms in total. The van der Waals surface area contributed by atoms with Crippen LogP contribution in [-0.4, -0.2) is 40.2 Å². The Balaban J connectivity index is 1.62. The Morgan fingerprint density at radius 1 is 1.23 bits per heavy atom. The van der Waals surface area contributed by atoms with Gasteiger partial charge in [0.15, 0.2) is 0 Å². The largest absolute Gasteiger partial charge is 0.371 e. The lowest BCUT2D eigenvalue weighted by Crippen LogP contribution is -2.40. The summed E-state index contributed by atoms with van der Waals surface area (Å²) in [6.45, 7) is 6.19. The minimum absolute atomic E-state index is 0.302. The predicted molar refractivity (Wildman–Crippen MR) is 127 cm³/mol. The van der Waals surface area contributed by atoms with Gasteiger partial charge in [-0.15, -0.1) is 0 Å². The van der Waals surface area contributed by atoms with Crippen LogP contribution in [0.1, 0.15) is 30.9 Å². The number of amides is 1. The van der Waals surface area contributed by atoms with Crippen molar-refractivity contribution in [3.63, 3.8) is 0 Å². The topological polar surface area (TPSA) is 69.7 Å². The SMILES string of the molecule is Cc1c(Cl)cccc1N(CC(=O)NCc1ccc(N2CCCC(C)C2)cc1)S(C)(=O)=O. The van der Waals surface area contributed by atoms with E-state index in [9.17, 15) is 13.2 Å². The van der Waals surface area contributed by atoms with Gasteiger partial charge in [0, 0.05) is 30.3 Å². The smallest absolute Gasteiger partial charge is 0.241 e. The van der Waals surface area contributed by atoms with Gasteiger partial charge in [-0.1, -0.05) is 36.7 Å². The molecular weight excluding hydrogens is 434 g/mol. The van der Waals surface area contributed by atoms with Crippen LogP contribution in [0.15, 0.2) is 42.5 Å². The Kier molecular flexibility index (Phi) is 7.49. The maximum Gasteiger partial charge on any atom is 0.241 e. The van der Waals surface area contributed by atoms with Gasteiger partial charge in [0.1, 0.15) is 6.54 Å². The van der Waals surface area contributed by atoms with E-state index in [0.29, 0.717) is 28.7 Å². The summed E-state index contributed by atoms with van der Waals surface area (Å²) in [5.41, 5.74) is 3.18. The normalized spacial score (nSPS) is 16.8. The highest BCUT2D eigenvalue weighted by Crippen LogP contribution is 2.28. The van der Waals surface area contributed by atoms with Crippen molar-refractivity contribution in [1.29, 1.82) is 0 Å². The van der Waals surface area contributed by atoms with Crippen LogP contribution in [-0.2, 0) is 21.4 Å². The fourth-order valence-corrected chi connectivity index (χ4v) is 4.96. The standard InChI is InChI=1S/C23H30ClN3O3S/c1-17-6-5-13-26(15-17)20-11-9-19(10-12-20)14-25-23(28)16-27(31(3,29)30)22-8-4-7-21(24)18(22)2/h4,7-12,17H,5-6,13-16H2,1-3H3,(H,25,28). The van der Waals surface area contributed by atoms with Crippen molar-refractivity contribution in [2.45, 2.75) is 33.2 Å². The van der Waals surface area contributed by atoms with Crippen molar-refractivity contribution < 1.29 is 13.2 Å². The van der Waals surface area contributed by atoms with E-state index in [-0.39, 0.29) is 12.5 Å². The molecule has 1 fully saturated rings. The van der Waals surface area contributed by atoms with E-state index in [2.05, 4.69) is 29.3 Å². The summed E-state index contributed by atoms with van der Waals surface area (Å²) in [4.78, 5) is 14.9. The van der Waals surface area contributed by atoms with Crippen molar-refractivity contribution in [2.24, 2.45) is 5.92 Å². The number of hydrogen-bond donors (Lipinski definition) is 1. The third kappa shape index (κ3) is 6.14. The van der Waals surface area contributed by atoms with Crippen LogP contribution in [0.3, 0.4) is 0 Å². The summed E-state index contributed by atoms with van der Waals surface area (Å²) in [6, 6.07) is 13.2. The number of carbonyl (C=O) groups is 1. The van der Waals surface area contributed by atoms with Gasteiger partial charge >= 0.3 is 0 Å². The fraction of sp³-hybridized carbons (Fsp3) is 0.435. The van der Waals surface area contributed by atoms with E-state index in [1.165, 1.54) is 18.5 Å². The highest BCUT2D eigenvalue weighted by atomic mass is 35.5. The van der Waals surface area contributed by atoms with Crippen molar-refractivity contribution in [3.8, 4) is 0 Å². The number of anilines is 2. The van der Waals surface area contributed by atoms with Gasteiger partial charge < -0.3 is 10.2 Å². The number of benzene rings is 2. The summed E-state index contributed by atoms with van der Waals surface area (Å²) in [5, 5.41) is 3.27. The summed E-state index contributed by atoms with van der Waals surface area (Å²) in [6.07, 6.45) is 3.57. The van der Waals surface area contributed by atoms with Crippen molar-refractivity contribution in [3.05, 3.63) is 58.6 Å². The summed E-state index contributed by atoms with van der Waals surface area (Å²) >= 11 is 6.14. The molecule has 8 heteroatoms. The molecule has 0 saturated carbocycles. The Morgan fingerprint density at radius 2 is 1.94 bits per heavy atom. The van der Waals surface area contributed by atoms with Crippen LogP contribution in [0.25, 0.3) is 0 Å². The van der Waals surface area contributed by atoms with Crippen molar-refractivity contribution in [1.82, 2.24) is 5.32 Å². The van der Waals surface area contributed by atoms with Gasteiger partial charge in [-0.3, -0.25) is 9.10 Å². The van der Waals surface area contributed by atoms with E-state index < -0.39 is 10.0 Å². The van der Waals surface area contributed by atoms with Gasteiger partial charge in [-0.05, 0) is 61.1 Å². The Labute approximate surface area is 190 Å². The first-order chi connectivity index (χ1) is 14.6. The lowest BCUT2D eigenvalue weighted by molar-refractivity contribution is -0.119. The molecule has 1 atom stereocenters. The zero-order valence-electron chi connectivity index (χ0n) is 18.3. The average molecular weight is 464 g/mol. The molecule has 0 aliphatic carbocycles. The van der Waals surface area contributed by atoms with E-state index in [1.54, 1.807) is 25.1 Å². The van der Waals surface area contributed by atoms with E-state index in [0.717, 1.165) is 29.2 Å². The molecule has 1 aliphatic rings. The van der Waals surface area contributed by atoms with Crippen LogP contribution < -0.4 is 14.5 Å². The summed E-state index contributed by atoms with van der Waals surface area (Å²) in [5.74, 6) is 0.326. The van der Waals surface area contributed by atoms with Crippen LogP contribution in [0.4, 0.5) is 11.4 Å². The number of nitrogens with zero attached hydrogens (tertiary/aromatic N) is 2. The first-order valence-corrected chi connectivity index (χ1v) is 12.7. The number of nitrogens with one attached hydrogen (secondary N) is 1. The van der Waals surface area contributed by atoms with Crippen LogP contribution in [0.5, 0.6) is 0 Å². The lowest BCUT2D eigenvalue weighted by Gasteiger charge is -2.32. The van der Waals surface area contributed by atoms with E-state index >= 15 is 0 Å². The predicted octanol–water partition coefficient (Wildman–Crippen LogP) is 3.97. The molecule has 3 rings (SSSR count). The molecule has 1 heterocycles. The quantitative estimate of drug-likeness (QED) is 0.674. The first kappa shape index (κ1) is 23.4. The molecule has 1 saturated heterocycles. The first-order valence-electron chi connectivity index (χ1n) is 10.5. The Hall–Kier alpha value is -2.25. The fourth-order valence-electron chi connectivity index (χ4n) is 3.88. The third-order valence-corrected chi connectivity index (χ3v) is 7.18. The zero-order chi connectivity index (χ0) is 22.6. The van der Waals surface area contributed by atoms with Crippen LogP contribution >= 0.6 is 11.6 Å². The second-order valence-electron chi connectivity index (χ2n) is 8.29. The Morgan fingerprint density at radius 3 is 2.58 bits per heavy atom. The second-order valence-corrected chi connectivity index (χ2v) is 10.6. The van der Waals surface area contributed by atoms with Crippen molar-refractivity contribution in [2.75, 3.05) is 35.1 Å². The number of piperidine rings is 1. The molecule has 2 aromatic rings. The number of carbonyl (C=O) groups excluding carboxylic acids is 1. The summed E-state index contributed by atoms with van der Waals surface area (Å²) < 4.78 is 25.7. The highest BCUT2D eigenvalue weighted by molar-refractivity contribution is 7.92. The number of sulfonamides is 1. The summed E-state index contributed by atoms with van der Waals surface area (Å²) in [7, 11) is -3.65. The number of halogens is 1. The van der Waals surface area contributed by atoms with Gasteiger partial charge in [0.2, 0.25) is 15.9 Å². The van der Waals surface area contributed by atoms with E-state index in [1.807, 2.05) is 12.1 Å². The minimum Gasteiger partial charge on any atom is -0.371 e. The molecular formula is C23H30ClN3O3S.